The van der Waals surface area contributed by atoms with E-state index in [2.05, 4.69) is 34.5 Å². The molecule has 6 rings (SSSR count). The number of ether oxygens (including phenoxy) is 1. The van der Waals surface area contributed by atoms with E-state index in [1.165, 1.54) is 61.1 Å². The van der Waals surface area contributed by atoms with Crippen LogP contribution in [0.15, 0.2) is 65.6 Å². The predicted molar refractivity (Wildman–Crippen MR) is 168 cm³/mol. The first-order valence-electron chi connectivity index (χ1n) is 15.4. The van der Waals surface area contributed by atoms with Gasteiger partial charge in [-0.25, -0.2) is 8.42 Å². The van der Waals surface area contributed by atoms with Gasteiger partial charge in [-0.3, -0.25) is 4.79 Å². The average molecular weight is 598 g/mol. The van der Waals surface area contributed by atoms with E-state index in [4.69, 9.17) is 4.74 Å². The number of benzene rings is 3. The topological polar surface area (TPSA) is 99.5 Å². The van der Waals surface area contributed by atoms with E-state index in [1.807, 2.05) is 12.1 Å². The number of sulfone groups is 1. The van der Waals surface area contributed by atoms with E-state index in [-0.39, 0.29) is 23.0 Å². The summed E-state index contributed by atoms with van der Waals surface area (Å²) in [6, 6.07) is 21.1. The zero-order chi connectivity index (χ0) is 30.1. The SMILES string of the molecule is CCS(=O)(=O)c1ccc(C(CC#N)NC(=O)c2ccc(N(c3cc(C4CC4)cc(C4CC4)c3)C3CCC3)c(OC)c2)cc1. The second-order valence-corrected chi connectivity index (χ2v) is 14.4. The van der Waals surface area contributed by atoms with Crippen molar-refractivity contribution in [2.45, 2.75) is 87.1 Å². The summed E-state index contributed by atoms with van der Waals surface area (Å²) >= 11 is 0. The number of nitrogens with zero attached hydrogens (tertiary/aromatic N) is 2. The molecule has 3 aliphatic rings. The molecule has 0 radical (unpaired) electrons. The van der Waals surface area contributed by atoms with Crippen LogP contribution < -0.4 is 15.0 Å². The summed E-state index contributed by atoms with van der Waals surface area (Å²) in [7, 11) is -1.70. The smallest absolute Gasteiger partial charge is 0.251 e. The monoisotopic (exact) mass is 597 g/mol. The first-order valence-corrected chi connectivity index (χ1v) is 17.1. The van der Waals surface area contributed by atoms with Gasteiger partial charge in [-0.2, -0.15) is 5.26 Å². The van der Waals surface area contributed by atoms with Gasteiger partial charge in [0.05, 0.1) is 42.0 Å². The van der Waals surface area contributed by atoms with E-state index in [9.17, 15) is 18.5 Å². The maximum absolute atomic E-state index is 13.5. The van der Waals surface area contributed by atoms with Crippen LogP contribution in [0, 0.1) is 11.3 Å². The molecule has 7 nitrogen and oxygen atoms in total. The molecule has 3 saturated carbocycles. The number of amides is 1. The van der Waals surface area contributed by atoms with Gasteiger partial charge >= 0.3 is 0 Å². The van der Waals surface area contributed by atoms with Crippen molar-refractivity contribution in [2.75, 3.05) is 17.8 Å². The molecule has 43 heavy (non-hydrogen) atoms. The molecule has 0 heterocycles. The summed E-state index contributed by atoms with van der Waals surface area (Å²) in [6.07, 6.45) is 8.54. The van der Waals surface area contributed by atoms with E-state index < -0.39 is 15.9 Å². The third-order valence-corrected chi connectivity index (χ3v) is 10.9. The highest BCUT2D eigenvalue weighted by atomic mass is 32.2. The summed E-state index contributed by atoms with van der Waals surface area (Å²) in [4.78, 5) is 16.1. The molecular weight excluding hydrogens is 558 g/mol. The van der Waals surface area contributed by atoms with Crippen molar-refractivity contribution in [3.63, 3.8) is 0 Å². The number of carbonyl (C=O) groups is 1. The standard InChI is InChI=1S/C35H39N3O4S/c1-3-43(40,41)31-14-11-25(12-15-31)32(17-18-36)37-35(39)26-13-16-33(34(22-26)42-2)38(29-5-4-6-29)30-20-27(23-7-8-23)19-28(21-30)24-9-10-24/h11-16,19-24,29,32H,3-10,17H2,1-2H3,(H,37,39). The Hall–Kier alpha value is -3.83. The zero-order valence-corrected chi connectivity index (χ0v) is 25.7. The number of nitrogens with one attached hydrogen (secondary N) is 1. The Balaban J connectivity index is 1.28. The molecule has 1 amide bonds. The molecule has 0 aliphatic heterocycles. The number of methoxy groups -OCH3 is 1. The zero-order valence-electron chi connectivity index (χ0n) is 24.9. The van der Waals surface area contributed by atoms with E-state index >= 15 is 0 Å². The summed E-state index contributed by atoms with van der Waals surface area (Å²) < 4.78 is 30.3. The number of anilines is 2. The molecule has 224 valence electrons. The molecule has 8 heteroatoms. The van der Waals surface area contributed by atoms with Crippen molar-refractivity contribution < 1.29 is 17.9 Å². The minimum atomic E-state index is -3.34. The van der Waals surface area contributed by atoms with Gasteiger partial charge in [-0.05, 0) is 116 Å². The van der Waals surface area contributed by atoms with Gasteiger partial charge in [0.25, 0.3) is 5.91 Å². The summed E-state index contributed by atoms with van der Waals surface area (Å²) in [5, 5.41) is 12.4. The molecule has 0 bridgehead atoms. The van der Waals surface area contributed by atoms with Gasteiger partial charge in [0.1, 0.15) is 5.75 Å². The molecule has 1 atom stereocenters. The van der Waals surface area contributed by atoms with Gasteiger partial charge in [-0.15, -0.1) is 0 Å². The third-order valence-electron chi connectivity index (χ3n) is 9.10. The maximum Gasteiger partial charge on any atom is 0.251 e. The second kappa shape index (κ2) is 12.0. The van der Waals surface area contributed by atoms with Crippen LogP contribution in [0.1, 0.15) is 103 Å². The largest absolute Gasteiger partial charge is 0.495 e. The molecule has 3 aromatic rings. The number of rotatable bonds is 12. The lowest BCUT2D eigenvalue weighted by molar-refractivity contribution is 0.0937. The van der Waals surface area contributed by atoms with Crippen molar-refractivity contribution in [1.82, 2.24) is 5.32 Å². The molecule has 3 aromatic carbocycles. The van der Waals surface area contributed by atoms with E-state index in [0.717, 1.165) is 18.5 Å². The number of hydrogen-bond acceptors (Lipinski definition) is 6. The van der Waals surface area contributed by atoms with Gasteiger partial charge in [-0.1, -0.05) is 25.1 Å². The highest BCUT2D eigenvalue weighted by Gasteiger charge is 2.33. The first kappa shape index (κ1) is 29.3. The molecule has 0 aromatic heterocycles. The normalized spacial score (nSPS) is 17.4. The van der Waals surface area contributed by atoms with Gasteiger partial charge in [0.2, 0.25) is 0 Å². The minimum absolute atomic E-state index is 0.00828. The lowest BCUT2D eigenvalue weighted by atomic mass is 9.89. The Labute approximate surface area is 254 Å². The lowest BCUT2D eigenvalue weighted by Crippen LogP contribution is -2.37. The summed E-state index contributed by atoms with van der Waals surface area (Å²) in [5.41, 5.74) is 6.18. The van der Waals surface area contributed by atoms with Crippen LogP contribution in [0.3, 0.4) is 0 Å². The van der Waals surface area contributed by atoms with Crippen molar-refractivity contribution in [3.8, 4) is 11.8 Å². The Morgan fingerprint density at radius 2 is 1.63 bits per heavy atom. The summed E-state index contributed by atoms with van der Waals surface area (Å²) in [5.74, 6) is 1.66. The highest BCUT2D eigenvalue weighted by molar-refractivity contribution is 7.91. The van der Waals surface area contributed by atoms with Crippen LogP contribution in [-0.2, 0) is 9.84 Å². The van der Waals surface area contributed by atoms with Crippen molar-refractivity contribution in [3.05, 3.63) is 82.9 Å². The molecular formula is C35H39N3O4S. The van der Waals surface area contributed by atoms with Crippen LogP contribution in [0.4, 0.5) is 11.4 Å². The Morgan fingerprint density at radius 3 is 2.14 bits per heavy atom. The van der Waals surface area contributed by atoms with Crippen LogP contribution in [-0.4, -0.2) is 33.2 Å². The van der Waals surface area contributed by atoms with E-state index in [0.29, 0.717) is 34.8 Å². The van der Waals surface area contributed by atoms with Crippen LogP contribution in [0.2, 0.25) is 0 Å². The molecule has 3 fully saturated rings. The molecule has 1 N–H and O–H groups in total. The fourth-order valence-corrected chi connectivity index (χ4v) is 6.86. The first-order chi connectivity index (χ1) is 20.8. The van der Waals surface area contributed by atoms with Crippen molar-refractivity contribution in [2.24, 2.45) is 0 Å². The van der Waals surface area contributed by atoms with Crippen molar-refractivity contribution >= 4 is 27.1 Å². The maximum atomic E-state index is 13.5. The molecule has 0 spiro atoms. The molecule has 3 aliphatic carbocycles. The lowest BCUT2D eigenvalue weighted by Gasteiger charge is -2.40. The fourth-order valence-electron chi connectivity index (χ4n) is 5.97. The number of nitriles is 1. The van der Waals surface area contributed by atoms with E-state index in [1.54, 1.807) is 32.2 Å². The number of carbonyl (C=O) groups excluding carboxylic acids is 1. The Bertz CT molecular complexity index is 1620. The van der Waals surface area contributed by atoms with Crippen LogP contribution in [0.25, 0.3) is 0 Å². The third kappa shape index (κ3) is 6.28. The fraction of sp³-hybridized carbons (Fsp3) is 0.429. The summed E-state index contributed by atoms with van der Waals surface area (Å²) in [6.45, 7) is 1.60. The molecule has 0 saturated heterocycles. The van der Waals surface area contributed by atoms with Gasteiger partial charge in [0, 0.05) is 17.3 Å². The minimum Gasteiger partial charge on any atom is -0.495 e. The van der Waals surface area contributed by atoms with Gasteiger partial charge < -0.3 is 15.0 Å². The average Bonchev–Trinajstić information content (AvgIpc) is 3.92. The van der Waals surface area contributed by atoms with Crippen molar-refractivity contribution in [1.29, 1.82) is 5.26 Å². The van der Waals surface area contributed by atoms with Gasteiger partial charge in [0.15, 0.2) is 9.84 Å². The Morgan fingerprint density at radius 1 is 0.977 bits per heavy atom. The highest BCUT2D eigenvalue weighted by Crippen LogP contribution is 2.49. The number of hydrogen-bond donors (Lipinski definition) is 1. The van der Waals surface area contributed by atoms with Crippen LogP contribution >= 0.6 is 0 Å². The second-order valence-electron chi connectivity index (χ2n) is 12.1. The molecule has 1 unspecified atom stereocenters. The Kier molecular flexibility index (Phi) is 8.19. The van der Waals surface area contributed by atoms with Crippen LogP contribution in [0.5, 0.6) is 5.75 Å². The predicted octanol–water partition coefficient (Wildman–Crippen LogP) is 7.32. The quantitative estimate of drug-likeness (QED) is 0.235.